The third kappa shape index (κ3) is 1.72. The second-order valence-electron chi connectivity index (χ2n) is 4.99. The predicted molar refractivity (Wildman–Crippen MR) is 66.8 cm³/mol. The molecule has 1 unspecified atom stereocenters. The van der Waals surface area contributed by atoms with Crippen LogP contribution in [0.25, 0.3) is 5.65 Å². The normalized spacial score (nSPS) is 18.9. The Bertz CT molecular complexity index is 523. The van der Waals surface area contributed by atoms with Gasteiger partial charge < -0.3 is 5.73 Å². The Hall–Kier alpha value is -1.42. The highest BCUT2D eigenvalue weighted by Crippen LogP contribution is 2.33. The molecule has 3 rings (SSSR count). The Morgan fingerprint density at radius 3 is 2.82 bits per heavy atom. The summed E-state index contributed by atoms with van der Waals surface area (Å²) in [6, 6.07) is 4.07. The van der Waals surface area contributed by atoms with Crippen LogP contribution in [0.4, 0.5) is 0 Å². The first-order chi connectivity index (χ1) is 8.27. The lowest BCUT2D eigenvalue weighted by molar-refractivity contribution is 0.658. The van der Waals surface area contributed by atoms with Crippen LogP contribution < -0.4 is 5.73 Å². The fraction of sp³-hybridized carbons (Fsp3) is 0.538. The monoisotopic (exact) mass is 230 g/mol. The van der Waals surface area contributed by atoms with Crippen molar-refractivity contribution in [3.05, 3.63) is 29.7 Å². The fourth-order valence-corrected chi connectivity index (χ4v) is 2.77. The van der Waals surface area contributed by atoms with E-state index in [4.69, 9.17) is 5.73 Å². The molecule has 2 aromatic heterocycles. The van der Waals surface area contributed by atoms with Crippen LogP contribution >= 0.6 is 0 Å². The number of hydrogen-bond donors (Lipinski definition) is 1. The van der Waals surface area contributed by atoms with E-state index < -0.39 is 0 Å². The van der Waals surface area contributed by atoms with Crippen molar-refractivity contribution in [3.63, 3.8) is 0 Å². The molecule has 1 atom stereocenters. The van der Waals surface area contributed by atoms with E-state index in [0.717, 1.165) is 17.0 Å². The van der Waals surface area contributed by atoms with Crippen molar-refractivity contribution in [2.24, 2.45) is 5.73 Å². The van der Waals surface area contributed by atoms with Gasteiger partial charge in [0.15, 0.2) is 5.65 Å². The number of fused-ring (bicyclic) bond motifs is 1. The molecule has 4 heteroatoms. The van der Waals surface area contributed by atoms with Crippen molar-refractivity contribution in [1.82, 2.24) is 14.6 Å². The fourth-order valence-electron chi connectivity index (χ4n) is 2.77. The van der Waals surface area contributed by atoms with E-state index in [9.17, 15) is 0 Å². The van der Waals surface area contributed by atoms with Crippen molar-refractivity contribution < 1.29 is 0 Å². The van der Waals surface area contributed by atoms with Crippen LogP contribution in [0.2, 0.25) is 0 Å². The van der Waals surface area contributed by atoms with Crippen LogP contribution in [0.1, 0.15) is 56.0 Å². The number of nitrogens with zero attached hydrogens (tertiary/aromatic N) is 3. The molecule has 1 saturated carbocycles. The highest BCUT2D eigenvalue weighted by atomic mass is 15.2. The Balaban J connectivity index is 2.12. The Morgan fingerprint density at radius 1 is 1.35 bits per heavy atom. The third-order valence-electron chi connectivity index (χ3n) is 3.70. The number of hydrogen-bond acceptors (Lipinski definition) is 3. The average Bonchev–Trinajstić information content (AvgIpc) is 2.96. The average molecular weight is 230 g/mol. The predicted octanol–water partition coefficient (Wildman–Crippen LogP) is 2.41. The first-order valence-corrected chi connectivity index (χ1v) is 6.36. The number of nitrogens with two attached hydrogens (primary N) is 1. The van der Waals surface area contributed by atoms with Gasteiger partial charge in [-0.1, -0.05) is 18.9 Å². The van der Waals surface area contributed by atoms with Crippen molar-refractivity contribution >= 4 is 5.65 Å². The SMILES string of the molecule is CC(N)c1cccn2c(C3CCCC3)nnc12. The minimum absolute atomic E-state index is 0.000622. The zero-order chi connectivity index (χ0) is 11.8. The Labute approximate surface area is 101 Å². The molecule has 0 radical (unpaired) electrons. The molecule has 1 aliphatic carbocycles. The minimum Gasteiger partial charge on any atom is -0.324 e. The minimum atomic E-state index is -0.000622. The molecule has 90 valence electrons. The summed E-state index contributed by atoms with van der Waals surface area (Å²) in [7, 11) is 0. The second-order valence-corrected chi connectivity index (χ2v) is 4.99. The van der Waals surface area contributed by atoms with Crippen molar-refractivity contribution in [2.45, 2.75) is 44.6 Å². The summed E-state index contributed by atoms with van der Waals surface area (Å²) >= 11 is 0. The summed E-state index contributed by atoms with van der Waals surface area (Å²) in [5.41, 5.74) is 7.96. The lowest BCUT2D eigenvalue weighted by atomic mass is 10.1. The molecule has 1 aliphatic rings. The van der Waals surface area contributed by atoms with Gasteiger partial charge >= 0.3 is 0 Å². The summed E-state index contributed by atoms with van der Waals surface area (Å²) < 4.78 is 2.12. The third-order valence-corrected chi connectivity index (χ3v) is 3.70. The van der Waals surface area contributed by atoms with Gasteiger partial charge in [-0.25, -0.2) is 0 Å². The van der Waals surface area contributed by atoms with Crippen LogP contribution in [-0.4, -0.2) is 14.6 Å². The highest BCUT2D eigenvalue weighted by molar-refractivity contribution is 5.49. The number of pyridine rings is 1. The van der Waals surface area contributed by atoms with Gasteiger partial charge in [-0.05, 0) is 25.8 Å². The van der Waals surface area contributed by atoms with Crippen LogP contribution in [0.15, 0.2) is 18.3 Å². The zero-order valence-corrected chi connectivity index (χ0v) is 10.1. The molecular weight excluding hydrogens is 212 g/mol. The molecule has 0 amide bonds. The Morgan fingerprint density at radius 2 is 2.12 bits per heavy atom. The molecule has 2 heterocycles. The maximum atomic E-state index is 5.96. The van der Waals surface area contributed by atoms with Gasteiger partial charge in [-0.15, -0.1) is 10.2 Å². The van der Waals surface area contributed by atoms with Crippen molar-refractivity contribution in [3.8, 4) is 0 Å². The molecule has 0 aromatic carbocycles. The number of rotatable bonds is 2. The molecule has 0 saturated heterocycles. The van der Waals surface area contributed by atoms with Gasteiger partial charge in [-0.2, -0.15) is 0 Å². The largest absolute Gasteiger partial charge is 0.324 e. The first-order valence-electron chi connectivity index (χ1n) is 6.36. The lowest BCUT2D eigenvalue weighted by Gasteiger charge is -2.09. The van der Waals surface area contributed by atoms with Crippen LogP contribution in [0, 0.1) is 0 Å². The van der Waals surface area contributed by atoms with Gasteiger partial charge in [0.1, 0.15) is 5.82 Å². The summed E-state index contributed by atoms with van der Waals surface area (Å²) in [5, 5.41) is 8.70. The number of aromatic nitrogens is 3. The smallest absolute Gasteiger partial charge is 0.165 e. The maximum Gasteiger partial charge on any atom is 0.165 e. The van der Waals surface area contributed by atoms with E-state index in [2.05, 4.69) is 20.8 Å². The molecule has 1 fully saturated rings. The summed E-state index contributed by atoms with van der Waals surface area (Å²) in [6.45, 7) is 1.99. The molecule has 4 nitrogen and oxygen atoms in total. The van der Waals surface area contributed by atoms with Gasteiger partial charge in [0.2, 0.25) is 0 Å². The molecular formula is C13H18N4. The Kier molecular flexibility index (Phi) is 2.59. The molecule has 2 aromatic rings. The van der Waals surface area contributed by atoms with Crippen LogP contribution in [-0.2, 0) is 0 Å². The summed E-state index contributed by atoms with van der Waals surface area (Å²) in [6.07, 6.45) is 7.15. The van der Waals surface area contributed by atoms with Crippen LogP contribution in [0.5, 0.6) is 0 Å². The maximum absolute atomic E-state index is 5.96. The lowest BCUT2D eigenvalue weighted by Crippen LogP contribution is -2.08. The molecule has 0 spiro atoms. The van der Waals surface area contributed by atoms with Crippen molar-refractivity contribution in [2.75, 3.05) is 0 Å². The molecule has 0 bridgehead atoms. The zero-order valence-electron chi connectivity index (χ0n) is 10.1. The summed E-state index contributed by atoms with van der Waals surface area (Å²) in [5.74, 6) is 1.69. The van der Waals surface area contributed by atoms with Crippen molar-refractivity contribution in [1.29, 1.82) is 0 Å². The molecule has 17 heavy (non-hydrogen) atoms. The quantitative estimate of drug-likeness (QED) is 0.862. The van der Waals surface area contributed by atoms with E-state index >= 15 is 0 Å². The standard InChI is InChI=1S/C13H18N4/c1-9(14)11-7-4-8-17-12(15-16-13(11)17)10-5-2-3-6-10/h4,7-10H,2-3,5-6,14H2,1H3. The van der Waals surface area contributed by atoms with E-state index in [0.29, 0.717) is 5.92 Å². The van der Waals surface area contributed by atoms with Gasteiger partial charge in [-0.3, -0.25) is 4.40 Å². The molecule has 0 aliphatic heterocycles. The van der Waals surface area contributed by atoms with Crippen LogP contribution in [0.3, 0.4) is 0 Å². The molecule has 2 N–H and O–H groups in total. The van der Waals surface area contributed by atoms with Gasteiger partial charge in [0.25, 0.3) is 0 Å². The van der Waals surface area contributed by atoms with E-state index in [1.807, 2.05) is 19.1 Å². The van der Waals surface area contributed by atoms with Gasteiger partial charge in [0, 0.05) is 23.7 Å². The van der Waals surface area contributed by atoms with E-state index in [1.165, 1.54) is 25.7 Å². The summed E-state index contributed by atoms with van der Waals surface area (Å²) in [4.78, 5) is 0. The highest BCUT2D eigenvalue weighted by Gasteiger charge is 2.23. The topological polar surface area (TPSA) is 56.2 Å². The van der Waals surface area contributed by atoms with E-state index in [-0.39, 0.29) is 6.04 Å². The second kappa shape index (κ2) is 4.11. The van der Waals surface area contributed by atoms with Gasteiger partial charge in [0.05, 0.1) is 0 Å². The van der Waals surface area contributed by atoms with E-state index in [1.54, 1.807) is 0 Å². The first kappa shape index (κ1) is 10.7.